The first-order chi connectivity index (χ1) is 7.74. The van der Waals surface area contributed by atoms with Gasteiger partial charge in [-0.25, -0.2) is 0 Å². The Morgan fingerprint density at radius 2 is 1.94 bits per heavy atom. The number of hydrogen-bond acceptors (Lipinski definition) is 1. The van der Waals surface area contributed by atoms with Gasteiger partial charge in [0.15, 0.2) is 0 Å². The van der Waals surface area contributed by atoms with E-state index >= 15 is 0 Å². The van der Waals surface area contributed by atoms with Crippen LogP contribution in [0.25, 0.3) is 0 Å². The SMILES string of the molecule is CC/C=C\CC/C=C(/C)CCC(=O)C1CC1. The molecular weight excluding hydrogens is 196 g/mol. The first kappa shape index (κ1) is 13.2. The molecule has 1 fully saturated rings. The molecule has 1 rings (SSSR count). The van der Waals surface area contributed by atoms with Gasteiger partial charge in [0.2, 0.25) is 0 Å². The predicted octanol–water partition coefficient (Wildman–Crippen LogP) is 4.44. The summed E-state index contributed by atoms with van der Waals surface area (Å²) in [6.45, 7) is 4.30. The molecule has 1 nitrogen and oxygen atoms in total. The molecule has 90 valence electrons. The lowest BCUT2D eigenvalue weighted by Crippen LogP contribution is -1.99. The van der Waals surface area contributed by atoms with Crippen LogP contribution in [-0.2, 0) is 4.79 Å². The number of rotatable bonds is 8. The van der Waals surface area contributed by atoms with Crippen molar-refractivity contribution in [1.29, 1.82) is 0 Å². The van der Waals surface area contributed by atoms with Crippen molar-refractivity contribution in [1.82, 2.24) is 0 Å². The van der Waals surface area contributed by atoms with Crippen LogP contribution in [0.1, 0.15) is 58.8 Å². The fourth-order valence-electron chi connectivity index (χ4n) is 1.74. The van der Waals surface area contributed by atoms with Crippen LogP contribution in [0.4, 0.5) is 0 Å². The molecule has 0 aromatic heterocycles. The average molecular weight is 220 g/mol. The van der Waals surface area contributed by atoms with E-state index in [1.165, 1.54) is 5.57 Å². The number of carbonyl (C=O) groups excluding carboxylic acids is 1. The molecule has 0 saturated heterocycles. The van der Waals surface area contributed by atoms with Crippen LogP contribution in [0, 0.1) is 5.92 Å². The van der Waals surface area contributed by atoms with Gasteiger partial charge in [-0.3, -0.25) is 4.79 Å². The molecule has 0 aromatic carbocycles. The fraction of sp³-hybridized carbons (Fsp3) is 0.667. The summed E-state index contributed by atoms with van der Waals surface area (Å²) in [5.41, 5.74) is 1.37. The highest BCUT2D eigenvalue weighted by molar-refractivity contribution is 5.83. The number of carbonyl (C=O) groups is 1. The van der Waals surface area contributed by atoms with Crippen LogP contribution in [0.3, 0.4) is 0 Å². The monoisotopic (exact) mass is 220 g/mol. The Bertz CT molecular complexity index is 269. The van der Waals surface area contributed by atoms with Gasteiger partial charge in [0.05, 0.1) is 0 Å². The number of Topliss-reactive ketones (excluding diaryl/α,β-unsaturated/α-hetero) is 1. The van der Waals surface area contributed by atoms with E-state index in [1.807, 2.05) is 0 Å². The van der Waals surface area contributed by atoms with Crippen LogP contribution < -0.4 is 0 Å². The van der Waals surface area contributed by atoms with Gasteiger partial charge in [0.1, 0.15) is 5.78 Å². The highest BCUT2D eigenvalue weighted by Gasteiger charge is 2.28. The third-order valence-corrected chi connectivity index (χ3v) is 3.03. The van der Waals surface area contributed by atoms with Gasteiger partial charge in [-0.2, -0.15) is 0 Å². The van der Waals surface area contributed by atoms with E-state index in [9.17, 15) is 4.79 Å². The molecule has 1 aliphatic carbocycles. The molecule has 1 saturated carbocycles. The van der Waals surface area contributed by atoms with Crippen molar-refractivity contribution >= 4 is 5.78 Å². The molecule has 1 aliphatic rings. The minimum absolute atomic E-state index is 0.431. The Morgan fingerprint density at radius 1 is 1.19 bits per heavy atom. The molecule has 0 bridgehead atoms. The van der Waals surface area contributed by atoms with Crippen molar-refractivity contribution in [3.63, 3.8) is 0 Å². The first-order valence-corrected chi connectivity index (χ1v) is 6.57. The van der Waals surface area contributed by atoms with Crippen LogP contribution >= 0.6 is 0 Å². The normalized spacial score (nSPS) is 17.0. The summed E-state index contributed by atoms with van der Waals surface area (Å²) < 4.78 is 0. The standard InChI is InChI=1S/C15H24O/c1-3-4-5-6-7-8-13(2)9-12-15(16)14-10-11-14/h4-5,8,14H,3,6-7,9-12H2,1-2H3/b5-4-,13-8-. The predicted molar refractivity (Wildman–Crippen MR) is 69.4 cm³/mol. The van der Waals surface area contributed by atoms with Gasteiger partial charge in [-0.15, -0.1) is 0 Å². The zero-order chi connectivity index (χ0) is 11.8. The smallest absolute Gasteiger partial charge is 0.136 e. The van der Waals surface area contributed by atoms with Crippen LogP contribution in [-0.4, -0.2) is 5.78 Å². The molecule has 1 heteroatoms. The van der Waals surface area contributed by atoms with E-state index in [0.29, 0.717) is 11.7 Å². The van der Waals surface area contributed by atoms with Crippen molar-refractivity contribution < 1.29 is 4.79 Å². The summed E-state index contributed by atoms with van der Waals surface area (Å²) in [5, 5.41) is 0. The average Bonchev–Trinajstić information content (AvgIpc) is 3.09. The topological polar surface area (TPSA) is 17.1 Å². The summed E-state index contributed by atoms with van der Waals surface area (Å²) in [6.07, 6.45) is 14.1. The van der Waals surface area contributed by atoms with E-state index in [-0.39, 0.29) is 0 Å². The van der Waals surface area contributed by atoms with E-state index in [2.05, 4.69) is 32.1 Å². The molecule has 0 N–H and O–H groups in total. The Morgan fingerprint density at radius 3 is 2.56 bits per heavy atom. The third-order valence-electron chi connectivity index (χ3n) is 3.03. The summed E-state index contributed by atoms with van der Waals surface area (Å²) in [7, 11) is 0. The van der Waals surface area contributed by atoms with E-state index < -0.39 is 0 Å². The lowest BCUT2D eigenvalue weighted by Gasteiger charge is -2.00. The van der Waals surface area contributed by atoms with Crippen molar-refractivity contribution in [3.8, 4) is 0 Å². The summed E-state index contributed by atoms with van der Waals surface area (Å²) in [4.78, 5) is 11.5. The van der Waals surface area contributed by atoms with Crippen molar-refractivity contribution in [2.24, 2.45) is 5.92 Å². The Labute approximate surface area is 99.6 Å². The van der Waals surface area contributed by atoms with Crippen LogP contribution in [0.5, 0.6) is 0 Å². The second kappa shape index (κ2) is 7.43. The first-order valence-electron chi connectivity index (χ1n) is 6.57. The second-order valence-corrected chi connectivity index (χ2v) is 4.75. The van der Waals surface area contributed by atoms with Gasteiger partial charge in [-0.05, 0) is 45.4 Å². The Hall–Kier alpha value is -0.850. The number of allylic oxidation sites excluding steroid dienone is 4. The highest BCUT2D eigenvalue weighted by atomic mass is 16.1. The molecule has 0 atom stereocenters. The molecule has 0 unspecified atom stereocenters. The lowest BCUT2D eigenvalue weighted by atomic mass is 10.1. The minimum atomic E-state index is 0.431. The summed E-state index contributed by atoms with van der Waals surface area (Å²) in [6, 6.07) is 0. The molecule has 0 spiro atoms. The fourth-order valence-corrected chi connectivity index (χ4v) is 1.74. The van der Waals surface area contributed by atoms with Gasteiger partial charge in [0, 0.05) is 12.3 Å². The van der Waals surface area contributed by atoms with Crippen LogP contribution in [0.2, 0.25) is 0 Å². The lowest BCUT2D eigenvalue weighted by molar-refractivity contribution is -0.120. The summed E-state index contributed by atoms with van der Waals surface area (Å²) >= 11 is 0. The van der Waals surface area contributed by atoms with E-state index in [0.717, 1.165) is 44.9 Å². The second-order valence-electron chi connectivity index (χ2n) is 4.75. The Kier molecular flexibility index (Phi) is 6.14. The van der Waals surface area contributed by atoms with Crippen molar-refractivity contribution in [2.75, 3.05) is 0 Å². The highest BCUT2D eigenvalue weighted by Crippen LogP contribution is 2.31. The third kappa shape index (κ3) is 5.89. The number of hydrogen-bond donors (Lipinski definition) is 0. The van der Waals surface area contributed by atoms with Crippen molar-refractivity contribution in [3.05, 3.63) is 23.8 Å². The van der Waals surface area contributed by atoms with Gasteiger partial charge in [0.25, 0.3) is 0 Å². The number of unbranched alkanes of at least 4 members (excludes halogenated alkanes) is 1. The Balaban J connectivity index is 2.08. The summed E-state index contributed by atoms with van der Waals surface area (Å²) in [5.74, 6) is 0.916. The molecule has 0 aliphatic heterocycles. The quantitative estimate of drug-likeness (QED) is 0.436. The van der Waals surface area contributed by atoms with Gasteiger partial charge in [-0.1, -0.05) is 30.7 Å². The van der Waals surface area contributed by atoms with Gasteiger partial charge >= 0.3 is 0 Å². The number of ketones is 1. The molecule has 0 heterocycles. The molecule has 16 heavy (non-hydrogen) atoms. The zero-order valence-corrected chi connectivity index (χ0v) is 10.7. The zero-order valence-electron chi connectivity index (χ0n) is 10.7. The minimum Gasteiger partial charge on any atom is -0.299 e. The molecule has 0 aromatic rings. The largest absolute Gasteiger partial charge is 0.299 e. The molecular formula is C15H24O. The maximum atomic E-state index is 11.5. The van der Waals surface area contributed by atoms with Crippen molar-refractivity contribution in [2.45, 2.75) is 58.8 Å². The maximum absolute atomic E-state index is 11.5. The van der Waals surface area contributed by atoms with E-state index in [1.54, 1.807) is 0 Å². The van der Waals surface area contributed by atoms with Crippen LogP contribution in [0.15, 0.2) is 23.8 Å². The van der Waals surface area contributed by atoms with E-state index in [4.69, 9.17) is 0 Å². The molecule has 0 amide bonds. The van der Waals surface area contributed by atoms with Gasteiger partial charge < -0.3 is 0 Å². The molecule has 0 radical (unpaired) electrons. The maximum Gasteiger partial charge on any atom is 0.136 e.